The summed E-state index contributed by atoms with van der Waals surface area (Å²) in [5.74, 6) is 1.89. The summed E-state index contributed by atoms with van der Waals surface area (Å²) in [6.07, 6.45) is 9.10. The van der Waals surface area contributed by atoms with Gasteiger partial charge in [-0.3, -0.25) is 0 Å². The highest BCUT2D eigenvalue weighted by Crippen LogP contribution is 2.58. The summed E-state index contributed by atoms with van der Waals surface area (Å²) in [5.41, 5.74) is 3.55. The van der Waals surface area contributed by atoms with E-state index in [2.05, 4.69) is 37.8 Å². The van der Waals surface area contributed by atoms with Crippen molar-refractivity contribution in [1.82, 2.24) is 0 Å². The smallest absolute Gasteiger partial charge is 0.0270 e. The average Bonchev–Trinajstić information content (AvgIpc) is 2.17. The maximum absolute atomic E-state index is 2.40. The van der Waals surface area contributed by atoms with E-state index in [4.69, 9.17) is 0 Å². The molecule has 1 heteroatoms. The Morgan fingerprint density at radius 3 is 1.79 bits per heavy atom. The van der Waals surface area contributed by atoms with E-state index in [1.54, 1.807) is 11.1 Å². The zero-order valence-electron chi connectivity index (χ0n) is 8.99. The molecule has 4 unspecified atom stereocenters. The van der Waals surface area contributed by atoms with Gasteiger partial charge in [0.25, 0.3) is 0 Å². The summed E-state index contributed by atoms with van der Waals surface area (Å²) in [5, 5.41) is 1.76. The van der Waals surface area contributed by atoms with Crippen molar-refractivity contribution >= 4 is 11.8 Å². The van der Waals surface area contributed by atoms with Crippen molar-refractivity contribution in [2.24, 2.45) is 11.8 Å². The molecule has 14 heavy (non-hydrogen) atoms. The number of allylic oxidation sites excluding steroid dienone is 2. The lowest BCUT2D eigenvalue weighted by Gasteiger charge is -2.52. The highest BCUT2D eigenvalue weighted by molar-refractivity contribution is 8.01. The summed E-state index contributed by atoms with van der Waals surface area (Å²) < 4.78 is 0. The van der Waals surface area contributed by atoms with Gasteiger partial charge in [-0.1, -0.05) is 23.3 Å². The molecule has 0 aromatic carbocycles. The quantitative estimate of drug-likeness (QED) is 0.543. The first-order chi connectivity index (χ1) is 6.83. The second kappa shape index (κ2) is 3.16. The molecule has 0 spiro atoms. The number of hydrogen-bond donors (Lipinski definition) is 0. The first-order valence-corrected chi connectivity index (χ1v) is 6.75. The summed E-state index contributed by atoms with van der Waals surface area (Å²) in [4.78, 5) is 0. The molecule has 76 valence electrons. The highest BCUT2D eigenvalue weighted by Gasteiger charge is 2.47. The second-order valence-electron chi connectivity index (χ2n) is 4.79. The van der Waals surface area contributed by atoms with Crippen molar-refractivity contribution in [1.29, 1.82) is 0 Å². The molecule has 4 rings (SSSR count). The number of hydrogen-bond acceptors (Lipinski definition) is 1. The Bertz CT molecular complexity index is 249. The van der Waals surface area contributed by atoms with Gasteiger partial charge in [0.1, 0.15) is 0 Å². The molecule has 2 aliphatic heterocycles. The first-order valence-electron chi connectivity index (χ1n) is 5.81. The molecule has 2 saturated heterocycles. The van der Waals surface area contributed by atoms with Gasteiger partial charge < -0.3 is 0 Å². The molecule has 4 fully saturated rings. The van der Waals surface area contributed by atoms with Crippen molar-refractivity contribution in [2.45, 2.75) is 43.6 Å². The van der Waals surface area contributed by atoms with Crippen LogP contribution in [0.3, 0.4) is 0 Å². The number of rotatable bonds is 0. The fourth-order valence-corrected chi connectivity index (χ4v) is 5.76. The molecule has 0 nitrogen and oxygen atoms in total. The Labute approximate surface area is 90.8 Å². The van der Waals surface area contributed by atoms with Gasteiger partial charge in [-0.15, -0.1) is 11.8 Å². The molecule has 4 bridgehead atoms. The lowest BCUT2D eigenvalue weighted by Crippen LogP contribution is -2.43. The Morgan fingerprint density at radius 2 is 1.43 bits per heavy atom. The van der Waals surface area contributed by atoms with Crippen LogP contribution in [0.5, 0.6) is 0 Å². The van der Waals surface area contributed by atoms with Crippen LogP contribution in [-0.4, -0.2) is 10.5 Å². The van der Waals surface area contributed by atoms with Gasteiger partial charge in [0.15, 0.2) is 0 Å². The Morgan fingerprint density at radius 1 is 0.929 bits per heavy atom. The molecule has 4 aliphatic rings. The fourth-order valence-electron chi connectivity index (χ4n) is 3.70. The van der Waals surface area contributed by atoms with Gasteiger partial charge in [-0.25, -0.2) is 0 Å². The van der Waals surface area contributed by atoms with Crippen LogP contribution in [0.25, 0.3) is 0 Å². The predicted octanol–water partition coefficient (Wildman–Crippen LogP) is 3.79. The summed E-state index contributed by atoms with van der Waals surface area (Å²) in [6, 6.07) is 0. The van der Waals surface area contributed by atoms with Crippen LogP contribution in [0.1, 0.15) is 33.1 Å². The summed E-state index contributed by atoms with van der Waals surface area (Å²) >= 11 is 2.24. The van der Waals surface area contributed by atoms with Crippen LogP contribution in [0, 0.1) is 11.8 Å². The molecule has 0 N–H and O–H groups in total. The third-order valence-electron chi connectivity index (χ3n) is 4.25. The molecule has 2 saturated carbocycles. The van der Waals surface area contributed by atoms with E-state index in [0.717, 1.165) is 22.3 Å². The van der Waals surface area contributed by atoms with Crippen LogP contribution >= 0.6 is 11.8 Å². The van der Waals surface area contributed by atoms with E-state index in [1.165, 1.54) is 19.3 Å². The van der Waals surface area contributed by atoms with Gasteiger partial charge in [-0.2, -0.15) is 0 Å². The second-order valence-corrected chi connectivity index (χ2v) is 6.20. The minimum absolute atomic E-state index is 0.881. The Kier molecular flexibility index (Phi) is 2.05. The molecular weight excluding hydrogens is 188 g/mol. The normalized spacial score (nSPS) is 50.7. The van der Waals surface area contributed by atoms with E-state index >= 15 is 0 Å². The van der Waals surface area contributed by atoms with Crippen LogP contribution in [-0.2, 0) is 0 Å². The largest absolute Gasteiger partial charge is 0.146 e. The van der Waals surface area contributed by atoms with Crippen LogP contribution < -0.4 is 0 Å². The highest BCUT2D eigenvalue weighted by atomic mass is 32.2. The molecule has 4 atom stereocenters. The summed E-state index contributed by atoms with van der Waals surface area (Å²) in [6.45, 7) is 4.46. The molecule has 0 radical (unpaired) electrons. The van der Waals surface area contributed by atoms with Crippen LogP contribution in [0.4, 0.5) is 0 Å². The molecule has 0 aromatic rings. The Balaban J connectivity index is 1.97. The van der Waals surface area contributed by atoms with E-state index in [9.17, 15) is 0 Å². The van der Waals surface area contributed by atoms with Gasteiger partial charge in [0.05, 0.1) is 0 Å². The molecule has 0 amide bonds. The molecule has 0 aromatic heterocycles. The van der Waals surface area contributed by atoms with Crippen molar-refractivity contribution in [3.63, 3.8) is 0 Å². The fraction of sp³-hybridized carbons (Fsp3) is 0.692. The van der Waals surface area contributed by atoms with Crippen LogP contribution in [0.15, 0.2) is 23.3 Å². The van der Waals surface area contributed by atoms with Gasteiger partial charge in [-0.05, 0) is 44.9 Å². The minimum Gasteiger partial charge on any atom is -0.146 e. The van der Waals surface area contributed by atoms with Crippen molar-refractivity contribution in [3.05, 3.63) is 23.3 Å². The van der Waals surface area contributed by atoms with Crippen molar-refractivity contribution < 1.29 is 0 Å². The van der Waals surface area contributed by atoms with Crippen molar-refractivity contribution in [2.75, 3.05) is 0 Å². The van der Waals surface area contributed by atoms with Gasteiger partial charge >= 0.3 is 0 Å². The van der Waals surface area contributed by atoms with Gasteiger partial charge in [0.2, 0.25) is 0 Å². The predicted molar refractivity (Wildman–Crippen MR) is 63.5 cm³/mol. The van der Waals surface area contributed by atoms with E-state index in [1.807, 2.05) is 0 Å². The third-order valence-corrected chi connectivity index (χ3v) is 5.83. The van der Waals surface area contributed by atoms with Gasteiger partial charge in [0, 0.05) is 10.5 Å². The first kappa shape index (κ1) is 9.08. The summed E-state index contributed by atoms with van der Waals surface area (Å²) in [7, 11) is 0. The lowest BCUT2D eigenvalue weighted by molar-refractivity contribution is 0.299. The molecule has 2 heterocycles. The standard InChI is InChI=1S/C13H18S/c1-3-10-8-5-9-7-12(10)14-13(6-8)11(9)4-2/h3-4,8-9,12-13H,5-7H2,1-2H3/b10-3-,11-4-. The third kappa shape index (κ3) is 1.08. The van der Waals surface area contributed by atoms with Crippen molar-refractivity contribution in [3.8, 4) is 0 Å². The SMILES string of the molecule is C/C=C1/C2CC3CC1SC(C2)/C3=C\C. The zero-order valence-corrected chi connectivity index (χ0v) is 9.81. The average molecular weight is 206 g/mol. The monoisotopic (exact) mass is 206 g/mol. The lowest BCUT2D eigenvalue weighted by atomic mass is 9.66. The van der Waals surface area contributed by atoms with E-state index in [-0.39, 0.29) is 0 Å². The molecule has 2 aliphatic carbocycles. The Hall–Kier alpha value is -0.170. The zero-order chi connectivity index (χ0) is 9.71. The van der Waals surface area contributed by atoms with E-state index in [0.29, 0.717) is 0 Å². The van der Waals surface area contributed by atoms with E-state index < -0.39 is 0 Å². The van der Waals surface area contributed by atoms with Crippen LogP contribution in [0.2, 0.25) is 0 Å². The maximum atomic E-state index is 2.40. The maximum Gasteiger partial charge on any atom is 0.0270 e. The topological polar surface area (TPSA) is 0 Å². The minimum atomic E-state index is 0.881. The molecular formula is C13H18S. The number of thioether (sulfide) groups is 1.